The van der Waals surface area contributed by atoms with Gasteiger partial charge in [-0.15, -0.1) is 0 Å². The van der Waals surface area contributed by atoms with Gasteiger partial charge in [-0.25, -0.2) is 0 Å². The predicted molar refractivity (Wildman–Crippen MR) is 240 cm³/mol. The van der Waals surface area contributed by atoms with Gasteiger partial charge in [-0.3, -0.25) is 14.2 Å². The second kappa shape index (κ2) is 36.6. The fourth-order valence-electron chi connectivity index (χ4n) is 6.44. The SMILES string of the molecule is CCCCC/C=C\C/C=C\C/C=C\CC1OC1CCCC(=O)OC[C@H](COP(=O)([O-])OCC[N+](C)(C)C)OC(=O)CCCCCCCCC/C=C\CCCCCCCC. The van der Waals surface area contributed by atoms with Crippen molar-refractivity contribution >= 4 is 19.8 Å². The largest absolute Gasteiger partial charge is 0.756 e. The van der Waals surface area contributed by atoms with Gasteiger partial charge < -0.3 is 32.6 Å². The summed E-state index contributed by atoms with van der Waals surface area (Å²) in [7, 11) is 1.12. The zero-order valence-corrected chi connectivity index (χ0v) is 39.0. The van der Waals surface area contributed by atoms with E-state index in [2.05, 4.69) is 62.5 Å². The van der Waals surface area contributed by atoms with Crippen LogP contribution in [0.5, 0.6) is 0 Å². The van der Waals surface area contributed by atoms with E-state index in [1.165, 1.54) is 89.9 Å². The number of allylic oxidation sites excluding steroid dienone is 7. The smallest absolute Gasteiger partial charge is 0.306 e. The Balaban J connectivity index is 2.32. The zero-order chi connectivity index (χ0) is 43.3. The molecule has 0 aliphatic carbocycles. The number of hydrogen-bond acceptors (Lipinski definition) is 9. The summed E-state index contributed by atoms with van der Waals surface area (Å²) in [6.45, 7) is 4.10. The van der Waals surface area contributed by atoms with Gasteiger partial charge in [0.25, 0.3) is 7.82 Å². The summed E-state index contributed by atoms with van der Waals surface area (Å²) in [5, 5.41) is 0. The molecular weight excluding hydrogens is 765 g/mol. The fraction of sp³-hybridized carbons (Fsp3) is 0.792. The van der Waals surface area contributed by atoms with Gasteiger partial charge in [0, 0.05) is 12.8 Å². The van der Waals surface area contributed by atoms with Crippen LogP contribution < -0.4 is 4.89 Å². The maximum absolute atomic E-state index is 12.7. The van der Waals surface area contributed by atoms with E-state index in [4.69, 9.17) is 23.3 Å². The van der Waals surface area contributed by atoms with Crippen LogP contribution in [-0.2, 0) is 37.4 Å². The highest BCUT2D eigenvalue weighted by molar-refractivity contribution is 7.45. The maximum atomic E-state index is 12.7. The van der Waals surface area contributed by atoms with Crippen molar-refractivity contribution in [3.05, 3.63) is 48.6 Å². The minimum absolute atomic E-state index is 0.0450. The molecule has 0 saturated carbocycles. The van der Waals surface area contributed by atoms with E-state index in [1.54, 1.807) is 0 Å². The van der Waals surface area contributed by atoms with Crippen molar-refractivity contribution in [2.45, 2.75) is 199 Å². The summed E-state index contributed by atoms with van der Waals surface area (Å²) < 4.78 is 39.7. The number of esters is 2. The molecule has 10 nitrogen and oxygen atoms in total. The van der Waals surface area contributed by atoms with Crippen LogP contribution in [0.1, 0.15) is 181 Å². The first-order valence-electron chi connectivity index (χ1n) is 23.5. The first kappa shape index (κ1) is 54.9. The molecule has 1 fully saturated rings. The first-order valence-corrected chi connectivity index (χ1v) is 24.9. The number of carbonyl (C=O) groups excluding carboxylic acids is 2. The lowest BCUT2D eigenvalue weighted by Crippen LogP contribution is -2.37. The standard InChI is InChI=1S/C48H86NO9P/c1-6-8-10-12-14-16-18-20-21-22-23-24-26-28-30-32-34-38-48(51)57-44(43-56-59(52,53)55-41-40-49(3,4)5)42-54-47(50)39-35-37-46-45(58-46)36-33-31-29-27-25-19-17-15-13-11-9-7-2/h15,17,20-21,25,27,31,33,44-46H,6-14,16,18-19,22-24,26,28-30,32,34-43H2,1-5H3/b17-15-,21-20-,27-25-,33-31-/t44-,45?,46?/m1/s1. The summed E-state index contributed by atoms with van der Waals surface area (Å²) in [6.07, 6.45) is 44.4. The number of quaternary nitrogens is 1. The molecule has 0 aromatic rings. The Morgan fingerprint density at radius 3 is 1.76 bits per heavy atom. The summed E-state index contributed by atoms with van der Waals surface area (Å²) in [4.78, 5) is 37.7. The molecule has 1 rings (SSSR count). The van der Waals surface area contributed by atoms with Gasteiger partial charge in [0.2, 0.25) is 0 Å². The van der Waals surface area contributed by atoms with Gasteiger partial charge in [-0.1, -0.05) is 140 Å². The lowest BCUT2D eigenvalue weighted by molar-refractivity contribution is -0.870. The van der Waals surface area contributed by atoms with Gasteiger partial charge in [0.1, 0.15) is 19.8 Å². The maximum Gasteiger partial charge on any atom is 0.306 e. The Kier molecular flexibility index (Phi) is 34.1. The van der Waals surface area contributed by atoms with Crippen LogP contribution >= 0.6 is 7.82 Å². The lowest BCUT2D eigenvalue weighted by Gasteiger charge is -2.28. The molecule has 1 saturated heterocycles. The van der Waals surface area contributed by atoms with Crippen LogP contribution in [0.2, 0.25) is 0 Å². The second-order valence-corrected chi connectivity index (χ2v) is 18.6. The Bertz CT molecular complexity index is 1210. The molecule has 59 heavy (non-hydrogen) atoms. The van der Waals surface area contributed by atoms with Crippen LogP contribution in [0.3, 0.4) is 0 Å². The van der Waals surface area contributed by atoms with E-state index in [9.17, 15) is 19.0 Å². The van der Waals surface area contributed by atoms with Gasteiger partial charge in [0.15, 0.2) is 6.10 Å². The number of nitrogens with zero attached hydrogens (tertiary/aromatic N) is 1. The van der Waals surface area contributed by atoms with Crippen LogP contribution in [0.15, 0.2) is 48.6 Å². The Morgan fingerprint density at radius 1 is 0.627 bits per heavy atom. The normalized spacial score (nSPS) is 17.4. The molecule has 0 N–H and O–H groups in total. The number of rotatable bonds is 41. The van der Waals surface area contributed by atoms with Crippen molar-refractivity contribution < 1.29 is 46.8 Å². The fourth-order valence-corrected chi connectivity index (χ4v) is 7.17. The summed E-state index contributed by atoms with van der Waals surface area (Å²) in [5.41, 5.74) is 0. The first-order chi connectivity index (χ1) is 28.5. The molecule has 0 bridgehead atoms. The molecule has 0 aromatic heterocycles. The van der Waals surface area contributed by atoms with Crippen LogP contribution in [-0.4, -0.2) is 82.2 Å². The second-order valence-electron chi connectivity index (χ2n) is 17.1. The topological polar surface area (TPSA) is 124 Å². The van der Waals surface area contributed by atoms with Crippen molar-refractivity contribution in [2.75, 3.05) is 47.5 Å². The molecule has 0 spiro atoms. The third-order valence-corrected chi connectivity index (χ3v) is 11.2. The quantitative estimate of drug-likeness (QED) is 0.0148. The van der Waals surface area contributed by atoms with E-state index in [1.807, 2.05) is 21.1 Å². The van der Waals surface area contributed by atoms with E-state index >= 15 is 0 Å². The van der Waals surface area contributed by atoms with Gasteiger partial charge in [-0.05, 0) is 77.0 Å². The Labute approximate surface area is 360 Å². The molecule has 4 atom stereocenters. The third kappa shape index (κ3) is 37.4. The zero-order valence-electron chi connectivity index (χ0n) is 38.1. The molecule has 11 heteroatoms. The number of epoxide rings is 1. The summed E-state index contributed by atoms with van der Waals surface area (Å²) in [5.74, 6) is -0.916. The van der Waals surface area contributed by atoms with Crippen molar-refractivity contribution in [3.8, 4) is 0 Å². The molecule has 1 aliphatic heterocycles. The van der Waals surface area contributed by atoms with Crippen molar-refractivity contribution in [1.29, 1.82) is 0 Å². The van der Waals surface area contributed by atoms with E-state index in [0.717, 1.165) is 51.4 Å². The number of ether oxygens (including phenoxy) is 3. The van der Waals surface area contributed by atoms with Crippen LogP contribution in [0, 0.1) is 0 Å². The van der Waals surface area contributed by atoms with Crippen molar-refractivity contribution in [3.63, 3.8) is 0 Å². The highest BCUT2D eigenvalue weighted by Crippen LogP contribution is 2.38. The Hall–Kier alpha value is -2.07. The number of phosphoric ester groups is 1. The number of unbranched alkanes of at least 4 members (excludes halogenated alkanes) is 16. The van der Waals surface area contributed by atoms with Crippen LogP contribution in [0.4, 0.5) is 0 Å². The van der Waals surface area contributed by atoms with Crippen LogP contribution in [0.25, 0.3) is 0 Å². The number of phosphoric acid groups is 1. The molecule has 1 heterocycles. The predicted octanol–water partition coefficient (Wildman–Crippen LogP) is 11.8. The minimum atomic E-state index is -4.65. The third-order valence-electron chi connectivity index (χ3n) is 10.2. The van der Waals surface area contributed by atoms with E-state index in [0.29, 0.717) is 23.9 Å². The summed E-state index contributed by atoms with van der Waals surface area (Å²) >= 11 is 0. The number of hydrogen-bond donors (Lipinski definition) is 0. The van der Waals surface area contributed by atoms with Crippen molar-refractivity contribution in [2.24, 2.45) is 0 Å². The molecular formula is C48H86NO9P. The molecule has 0 amide bonds. The molecule has 0 radical (unpaired) electrons. The molecule has 3 unspecified atom stereocenters. The van der Waals surface area contributed by atoms with E-state index in [-0.39, 0.29) is 38.3 Å². The average molecular weight is 852 g/mol. The average Bonchev–Trinajstić information content (AvgIpc) is 3.94. The number of carbonyl (C=O) groups is 2. The number of likely N-dealkylation sites (N-methyl/N-ethyl adjacent to an activating group) is 1. The minimum Gasteiger partial charge on any atom is -0.756 e. The molecule has 1 aliphatic rings. The van der Waals surface area contributed by atoms with Crippen molar-refractivity contribution in [1.82, 2.24) is 0 Å². The monoisotopic (exact) mass is 852 g/mol. The van der Waals surface area contributed by atoms with Gasteiger partial charge in [0.05, 0.1) is 40.0 Å². The Morgan fingerprint density at radius 2 is 1.14 bits per heavy atom. The van der Waals surface area contributed by atoms with E-state index < -0.39 is 32.5 Å². The molecule has 0 aromatic carbocycles. The van der Waals surface area contributed by atoms with Gasteiger partial charge >= 0.3 is 11.9 Å². The lowest BCUT2D eigenvalue weighted by atomic mass is 10.1. The van der Waals surface area contributed by atoms with Gasteiger partial charge in [-0.2, -0.15) is 0 Å². The highest BCUT2D eigenvalue weighted by Gasteiger charge is 2.36. The summed E-state index contributed by atoms with van der Waals surface area (Å²) in [6, 6.07) is 0. The highest BCUT2D eigenvalue weighted by atomic mass is 31.2. The molecule has 342 valence electrons.